The molecule has 5 nitrogen and oxygen atoms in total. The Bertz CT molecular complexity index is 303. The van der Waals surface area contributed by atoms with Gasteiger partial charge in [-0.1, -0.05) is 45.1 Å². The highest BCUT2D eigenvalue weighted by molar-refractivity contribution is 5.90. The van der Waals surface area contributed by atoms with Crippen molar-refractivity contribution in [3.63, 3.8) is 0 Å². The number of carboxylic acid groups (broad SMARTS) is 1. The number of hydrogen-bond donors (Lipinski definition) is 2. The fourth-order valence-electron chi connectivity index (χ4n) is 1.81. The van der Waals surface area contributed by atoms with E-state index in [1.807, 2.05) is 6.08 Å². The van der Waals surface area contributed by atoms with Crippen molar-refractivity contribution in [1.82, 2.24) is 5.48 Å². The van der Waals surface area contributed by atoms with Gasteiger partial charge < -0.3 is 5.11 Å². The Labute approximate surface area is 127 Å². The van der Waals surface area contributed by atoms with Crippen LogP contribution in [0.25, 0.3) is 0 Å². The van der Waals surface area contributed by atoms with Crippen LogP contribution in [0.4, 0.5) is 0 Å². The fourth-order valence-corrected chi connectivity index (χ4v) is 1.81. The van der Waals surface area contributed by atoms with Gasteiger partial charge in [-0.15, -0.1) is 0 Å². The molecule has 0 aromatic heterocycles. The smallest absolute Gasteiger partial charge is 0.303 e. The zero-order chi connectivity index (χ0) is 15.8. The van der Waals surface area contributed by atoms with Crippen molar-refractivity contribution in [2.45, 2.75) is 64.7 Å². The second-order valence-electron chi connectivity index (χ2n) is 5.11. The molecule has 122 valence electrons. The molecule has 0 aliphatic carbocycles. The topological polar surface area (TPSA) is 75.6 Å². The van der Waals surface area contributed by atoms with Crippen LogP contribution < -0.4 is 5.48 Å². The summed E-state index contributed by atoms with van der Waals surface area (Å²) in [4.78, 5) is 26.6. The standard InChI is InChI=1S/C16H29NO4/c1-2-3-4-5-6-7-8-9-11-15(18)14-21-17-13-10-12-16(19)20/h9,11,17H,2-8,10,12-14H2,1H3,(H,19,20). The normalized spacial score (nSPS) is 11.1. The van der Waals surface area contributed by atoms with E-state index in [4.69, 9.17) is 9.94 Å². The lowest BCUT2D eigenvalue weighted by Gasteiger charge is -2.02. The lowest BCUT2D eigenvalue weighted by Crippen LogP contribution is -2.20. The van der Waals surface area contributed by atoms with Crippen molar-refractivity contribution in [2.24, 2.45) is 0 Å². The van der Waals surface area contributed by atoms with E-state index in [9.17, 15) is 9.59 Å². The zero-order valence-corrected chi connectivity index (χ0v) is 13.1. The van der Waals surface area contributed by atoms with Gasteiger partial charge in [0.1, 0.15) is 6.61 Å². The van der Waals surface area contributed by atoms with Gasteiger partial charge in [-0.2, -0.15) is 0 Å². The van der Waals surface area contributed by atoms with E-state index < -0.39 is 5.97 Å². The first-order chi connectivity index (χ1) is 10.2. The second-order valence-corrected chi connectivity index (χ2v) is 5.11. The van der Waals surface area contributed by atoms with E-state index >= 15 is 0 Å². The Morgan fingerprint density at radius 2 is 1.81 bits per heavy atom. The Morgan fingerprint density at radius 1 is 1.10 bits per heavy atom. The molecule has 0 amide bonds. The molecular weight excluding hydrogens is 270 g/mol. The van der Waals surface area contributed by atoms with E-state index in [1.54, 1.807) is 6.08 Å². The minimum atomic E-state index is -0.828. The summed E-state index contributed by atoms with van der Waals surface area (Å²) in [6, 6.07) is 0. The minimum absolute atomic E-state index is 0.0138. The molecule has 0 aromatic carbocycles. The van der Waals surface area contributed by atoms with Gasteiger partial charge in [0.15, 0.2) is 5.78 Å². The van der Waals surface area contributed by atoms with Gasteiger partial charge in [0.25, 0.3) is 0 Å². The average molecular weight is 299 g/mol. The average Bonchev–Trinajstić information content (AvgIpc) is 2.45. The van der Waals surface area contributed by atoms with Crippen LogP contribution in [0.3, 0.4) is 0 Å². The Balaban J connectivity index is 3.32. The molecule has 0 heterocycles. The first-order valence-electron chi connectivity index (χ1n) is 7.92. The number of aliphatic carboxylic acids is 1. The van der Waals surface area contributed by atoms with Crippen molar-refractivity contribution < 1.29 is 19.5 Å². The SMILES string of the molecule is CCCCCCCCC=CC(=O)CONCCCC(=O)O. The van der Waals surface area contributed by atoms with Crippen molar-refractivity contribution in [1.29, 1.82) is 0 Å². The summed E-state index contributed by atoms with van der Waals surface area (Å²) in [6.45, 7) is 2.62. The molecule has 0 aliphatic rings. The van der Waals surface area contributed by atoms with Crippen LogP contribution in [0.15, 0.2) is 12.2 Å². The molecule has 2 N–H and O–H groups in total. The highest BCUT2D eigenvalue weighted by atomic mass is 16.6. The predicted molar refractivity (Wildman–Crippen MR) is 83.0 cm³/mol. The van der Waals surface area contributed by atoms with Crippen LogP contribution in [-0.4, -0.2) is 30.0 Å². The van der Waals surface area contributed by atoms with E-state index in [-0.39, 0.29) is 18.8 Å². The van der Waals surface area contributed by atoms with Crippen molar-refractivity contribution in [3.8, 4) is 0 Å². The van der Waals surface area contributed by atoms with Crippen molar-refractivity contribution in [3.05, 3.63) is 12.2 Å². The van der Waals surface area contributed by atoms with Gasteiger partial charge in [-0.25, -0.2) is 5.48 Å². The van der Waals surface area contributed by atoms with E-state index in [0.29, 0.717) is 13.0 Å². The molecule has 0 bridgehead atoms. The van der Waals surface area contributed by atoms with Gasteiger partial charge in [0.2, 0.25) is 0 Å². The highest BCUT2D eigenvalue weighted by Crippen LogP contribution is 2.07. The quantitative estimate of drug-likeness (QED) is 0.276. The summed E-state index contributed by atoms with van der Waals surface area (Å²) in [5, 5.41) is 8.43. The van der Waals surface area contributed by atoms with E-state index in [2.05, 4.69) is 12.4 Å². The summed E-state index contributed by atoms with van der Waals surface area (Å²) < 4.78 is 0. The van der Waals surface area contributed by atoms with Crippen LogP contribution in [0.1, 0.15) is 64.7 Å². The zero-order valence-electron chi connectivity index (χ0n) is 13.1. The number of hydroxylamine groups is 1. The van der Waals surface area contributed by atoms with Crippen LogP contribution in [0, 0.1) is 0 Å². The molecular formula is C16H29NO4. The van der Waals surface area contributed by atoms with Crippen molar-refractivity contribution in [2.75, 3.05) is 13.2 Å². The molecule has 0 radical (unpaired) electrons. The van der Waals surface area contributed by atoms with Gasteiger partial charge in [0.05, 0.1) is 0 Å². The summed E-state index contributed by atoms with van der Waals surface area (Å²) >= 11 is 0. The number of hydrogen-bond acceptors (Lipinski definition) is 4. The molecule has 0 unspecified atom stereocenters. The number of unbranched alkanes of at least 4 members (excludes halogenated alkanes) is 6. The van der Waals surface area contributed by atoms with Gasteiger partial charge in [0, 0.05) is 13.0 Å². The minimum Gasteiger partial charge on any atom is -0.481 e. The van der Waals surface area contributed by atoms with E-state index in [0.717, 1.165) is 12.8 Å². The van der Waals surface area contributed by atoms with Gasteiger partial charge >= 0.3 is 5.97 Å². The maximum Gasteiger partial charge on any atom is 0.303 e. The Hall–Kier alpha value is -1.20. The van der Waals surface area contributed by atoms with Crippen LogP contribution in [0.2, 0.25) is 0 Å². The number of allylic oxidation sites excluding steroid dienone is 1. The molecule has 21 heavy (non-hydrogen) atoms. The predicted octanol–water partition coefficient (Wildman–Crippen LogP) is 3.25. The summed E-state index contributed by atoms with van der Waals surface area (Å²) in [5.41, 5.74) is 2.58. The third-order valence-electron chi connectivity index (χ3n) is 3.01. The number of carbonyl (C=O) groups is 2. The van der Waals surface area contributed by atoms with Gasteiger partial charge in [-0.3, -0.25) is 14.4 Å². The van der Waals surface area contributed by atoms with Crippen molar-refractivity contribution >= 4 is 11.8 Å². The maximum absolute atomic E-state index is 11.4. The number of ketones is 1. The molecule has 0 rings (SSSR count). The fraction of sp³-hybridized carbons (Fsp3) is 0.750. The number of rotatable bonds is 15. The number of carbonyl (C=O) groups excluding carboxylic acids is 1. The van der Waals surface area contributed by atoms with Gasteiger partial charge in [-0.05, 0) is 25.3 Å². The maximum atomic E-state index is 11.4. The third-order valence-corrected chi connectivity index (χ3v) is 3.01. The largest absolute Gasteiger partial charge is 0.481 e. The highest BCUT2D eigenvalue weighted by Gasteiger charge is 1.98. The molecule has 0 atom stereocenters. The second kappa shape index (κ2) is 15.2. The first-order valence-corrected chi connectivity index (χ1v) is 7.92. The van der Waals surface area contributed by atoms with Crippen LogP contribution >= 0.6 is 0 Å². The summed E-state index contributed by atoms with van der Waals surface area (Å²) in [5.74, 6) is -0.905. The Morgan fingerprint density at radius 3 is 2.52 bits per heavy atom. The number of nitrogens with one attached hydrogen (secondary N) is 1. The Kier molecular flexibility index (Phi) is 14.3. The summed E-state index contributed by atoms with van der Waals surface area (Å²) in [7, 11) is 0. The molecule has 0 spiro atoms. The lowest BCUT2D eigenvalue weighted by molar-refractivity contribution is -0.137. The van der Waals surface area contributed by atoms with E-state index in [1.165, 1.54) is 32.1 Å². The number of carboxylic acids is 1. The molecule has 0 aliphatic heterocycles. The molecule has 0 saturated carbocycles. The molecule has 0 saturated heterocycles. The third kappa shape index (κ3) is 16.7. The van der Waals surface area contributed by atoms with Crippen LogP contribution in [-0.2, 0) is 14.4 Å². The molecule has 5 heteroatoms. The molecule has 0 fully saturated rings. The monoisotopic (exact) mass is 299 g/mol. The lowest BCUT2D eigenvalue weighted by atomic mass is 10.1. The summed E-state index contributed by atoms with van der Waals surface area (Å²) in [6.07, 6.45) is 12.5. The molecule has 0 aromatic rings. The van der Waals surface area contributed by atoms with Crippen LogP contribution in [0.5, 0.6) is 0 Å². The first kappa shape index (κ1) is 19.8.